The van der Waals surface area contributed by atoms with Crippen LogP contribution in [0.1, 0.15) is 36.5 Å². The first kappa shape index (κ1) is 19.8. The smallest absolute Gasteiger partial charge is 0.263 e. The predicted molar refractivity (Wildman–Crippen MR) is 112 cm³/mol. The van der Waals surface area contributed by atoms with E-state index in [9.17, 15) is 8.42 Å². The van der Waals surface area contributed by atoms with E-state index in [2.05, 4.69) is 34.1 Å². The van der Waals surface area contributed by atoms with Gasteiger partial charge in [-0.3, -0.25) is 4.72 Å². The van der Waals surface area contributed by atoms with Crippen LogP contribution in [0.25, 0.3) is 0 Å². The minimum absolute atomic E-state index is 0.175. The van der Waals surface area contributed by atoms with E-state index >= 15 is 0 Å². The molecule has 28 heavy (non-hydrogen) atoms. The first-order valence-electron chi connectivity index (χ1n) is 9.09. The summed E-state index contributed by atoms with van der Waals surface area (Å²) in [5, 5.41) is 11.2. The molecular formula is C21H24N4O2S. The SMILES string of the molecule is Cc1ccc(CNc2ccc(NS(=O)(=O)c3ccc(C(C)C)cc3)nn2)cc1. The molecule has 3 aromatic rings. The Bertz CT molecular complexity index is 1010. The summed E-state index contributed by atoms with van der Waals surface area (Å²) >= 11 is 0. The zero-order valence-electron chi connectivity index (χ0n) is 16.2. The topological polar surface area (TPSA) is 84.0 Å². The van der Waals surface area contributed by atoms with Crippen molar-refractivity contribution >= 4 is 21.7 Å². The number of aryl methyl sites for hydroxylation is 1. The second kappa shape index (κ2) is 8.39. The Morgan fingerprint density at radius 3 is 2.04 bits per heavy atom. The molecule has 7 heteroatoms. The molecule has 2 N–H and O–H groups in total. The van der Waals surface area contributed by atoms with Gasteiger partial charge in [0, 0.05) is 6.54 Å². The fraction of sp³-hybridized carbons (Fsp3) is 0.238. The maximum Gasteiger partial charge on any atom is 0.263 e. The normalized spacial score (nSPS) is 11.4. The number of sulfonamides is 1. The van der Waals surface area contributed by atoms with Gasteiger partial charge in [0.2, 0.25) is 0 Å². The average Bonchev–Trinajstić information content (AvgIpc) is 2.68. The van der Waals surface area contributed by atoms with Gasteiger partial charge in [-0.15, -0.1) is 10.2 Å². The van der Waals surface area contributed by atoms with Crippen molar-refractivity contribution in [2.24, 2.45) is 0 Å². The highest BCUT2D eigenvalue weighted by Crippen LogP contribution is 2.19. The number of benzene rings is 2. The zero-order valence-corrected chi connectivity index (χ0v) is 17.0. The van der Waals surface area contributed by atoms with Crippen LogP contribution in [0, 0.1) is 6.92 Å². The molecule has 0 radical (unpaired) electrons. The molecule has 0 spiro atoms. The van der Waals surface area contributed by atoms with E-state index in [0.29, 0.717) is 18.3 Å². The fourth-order valence-electron chi connectivity index (χ4n) is 2.61. The Morgan fingerprint density at radius 1 is 0.857 bits per heavy atom. The summed E-state index contributed by atoms with van der Waals surface area (Å²) < 4.78 is 27.5. The highest BCUT2D eigenvalue weighted by atomic mass is 32.2. The van der Waals surface area contributed by atoms with E-state index in [4.69, 9.17) is 0 Å². The van der Waals surface area contributed by atoms with E-state index < -0.39 is 10.0 Å². The van der Waals surface area contributed by atoms with Crippen LogP contribution in [-0.2, 0) is 16.6 Å². The molecule has 1 heterocycles. The number of nitrogens with one attached hydrogen (secondary N) is 2. The van der Waals surface area contributed by atoms with Crippen molar-refractivity contribution in [3.8, 4) is 0 Å². The number of rotatable bonds is 7. The number of hydrogen-bond donors (Lipinski definition) is 2. The lowest BCUT2D eigenvalue weighted by Gasteiger charge is -2.10. The molecular weight excluding hydrogens is 372 g/mol. The Hall–Kier alpha value is -2.93. The standard InChI is InChI=1S/C21H24N4O2S/c1-15(2)18-8-10-19(11-9-18)28(26,27)25-21-13-12-20(23-24-21)22-14-17-6-4-16(3)5-7-17/h4-13,15H,14H2,1-3H3,(H,22,23)(H,24,25). The molecule has 0 unspecified atom stereocenters. The quantitative estimate of drug-likeness (QED) is 0.621. The Labute approximate surface area is 166 Å². The van der Waals surface area contributed by atoms with Crippen molar-refractivity contribution in [3.05, 3.63) is 77.4 Å². The third-order valence-electron chi connectivity index (χ3n) is 4.35. The number of anilines is 2. The van der Waals surface area contributed by atoms with Gasteiger partial charge in [-0.2, -0.15) is 0 Å². The second-order valence-corrected chi connectivity index (χ2v) is 8.65. The van der Waals surface area contributed by atoms with Crippen LogP contribution < -0.4 is 10.0 Å². The van der Waals surface area contributed by atoms with Crippen molar-refractivity contribution in [2.45, 2.75) is 38.1 Å². The first-order chi connectivity index (χ1) is 13.3. The van der Waals surface area contributed by atoms with Crippen molar-refractivity contribution in [2.75, 3.05) is 10.0 Å². The van der Waals surface area contributed by atoms with E-state index in [1.165, 1.54) is 5.56 Å². The lowest BCUT2D eigenvalue weighted by atomic mass is 10.0. The van der Waals surface area contributed by atoms with Crippen molar-refractivity contribution in [1.82, 2.24) is 10.2 Å². The number of hydrogen-bond acceptors (Lipinski definition) is 5. The first-order valence-corrected chi connectivity index (χ1v) is 10.6. The van der Waals surface area contributed by atoms with Crippen molar-refractivity contribution < 1.29 is 8.42 Å². The minimum atomic E-state index is -3.70. The predicted octanol–water partition coefficient (Wildman–Crippen LogP) is 4.32. The largest absolute Gasteiger partial charge is 0.365 e. The van der Waals surface area contributed by atoms with Gasteiger partial charge in [0.1, 0.15) is 5.82 Å². The van der Waals surface area contributed by atoms with Crippen LogP contribution in [0.4, 0.5) is 11.6 Å². The van der Waals surface area contributed by atoms with E-state index in [-0.39, 0.29) is 10.7 Å². The fourth-order valence-corrected chi connectivity index (χ4v) is 3.60. The van der Waals surface area contributed by atoms with Crippen LogP contribution >= 0.6 is 0 Å². The molecule has 1 aromatic heterocycles. The van der Waals surface area contributed by atoms with Crippen molar-refractivity contribution in [3.63, 3.8) is 0 Å². The lowest BCUT2D eigenvalue weighted by molar-refractivity contribution is 0.601. The maximum absolute atomic E-state index is 12.5. The molecule has 2 aromatic carbocycles. The van der Waals surface area contributed by atoms with E-state index in [1.54, 1.807) is 24.3 Å². The van der Waals surface area contributed by atoms with Gasteiger partial charge in [-0.05, 0) is 48.2 Å². The van der Waals surface area contributed by atoms with Gasteiger partial charge in [-0.25, -0.2) is 8.42 Å². The summed E-state index contributed by atoms with van der Waals surface area (Å²) in [6, 6.07) is 18.3. The Kier molecular flexibility index (Phi) is 5.94. The van der Waals surface area contributed by atoms with Crippen LogP contribution in [0.5, 0.6) is 0 Å². The van der Waals surface area contributed by atoms with Gasteiger partial charge in [0.05, 0.1) is 4.90 Å². The molecule has 6 nitrogen and oxygen atoms in total. The maximum atomic E-state index is 12.5. The van der Waals surface area contributed by atoms with Crippen LogP contribution in [0.15, 0.2) is 65.6 Å². The summed E-state index contributed by atoms with van der Waals surface area (Å²) in [7, 11) is -3.70. The van der Waals surface area contributed by atoms with Gasteiger partial charge in [0.15, 0.2) is 5.82 Å². The third kappa shape index (κ3) is 5.07. The number of aromatic nitrogens is 2. The molecule has 3 rings (SSSR count). The summed E-state index contributed by atoms with van der Waals surface area (Å²) in [4.78, 5) is 0.195. The molecule has 0 saturated heterocycles. The summed E-state index contributed by atoms with van der Waals surface area (Å²) in [5.74, 6) is 1.09. The highest BCUT2D eigenvalue weighted by Gasteiger charge is 2.15. The van der Waals surface area contributed by atoms with Gasteiger partial charge in [0.25, 0.3) is 10.0 Å². The molecule has 146 valence electrons. The number of nitrogens with zero attached hydrogens (tertiary/aromatic N) is 2. The Morgan fingerprint density at radius 2 is 1.46 bits per heavy atom. The zero-order chi connectivity index (χ0) is 20.1. The Balaban J connectivity index is 1.63. The molecule has 0 atom stereocenters. The minimum Gasteiger partial charge on any atom is -0.365 e. The average molecular weight is 397 g/mol. The molecule has 0 saturated carbocycles. The molecule has 0 bridgehead atoms. The third-order valence-corrected chi connectivity index (χ3v) is 5.73. The van der Waals surface area contributed by atoms with Gasteiger partial charge in [-0.1, -0.05) is 55.8 Å². The van der Waals surface area contributed by atoms with Gasteiger partial charge >= 0.3 is 0 Å². The van der Waals surface area contributed by atoms with Crippen LogP contribution in [0.2, 0.25) is 0 Å². The lowest BCUT2D eigenvalue weighted by Crippen LogP contribution is -2.14. The molecule has 0 aliphatic heterocycles. The highest BCUT2D eigenvalue weighted by molar-refractivity contribution is 7.92. The molecule has 0 aliphatic rings. The van der Waals surface area contributed by atoms with Gasteiger partial charge < -0.3 is 5.32 Å². The van der Waals surface area contributed by atoms with E-state index in [0.717, 1.165) is 11.1 Å². The summed E-state index contributed by atoms with van der Waals surface area (Å²) in [6.45, 7) is 6.78. The van der Waals surface area contributed by atoms with Crippen molar-refractivity contribution in [1.29, 1.82) is 0 Å². The van der Waals surface area contributed by atoms with E-state index in [1.807, 2.05) is 43.3 Å². The second-order valence-electron chi connectivity index (χ2n) is 6.97. The monoisotopic (exact) mass is 396 g/mol. The summed E-state index contributed by atoms with van der Waals surface area (Å²) in [5.41, 5.74) is 3.42. The molecule has 0 aliphatic carbocycles. The van der Waals surface area contributed by atoms with Crippen LogP contribution in [0.3, 0.4) is 0 Å². The molecule has 0 amide bonds. The summed E-state index contributed by atoms with van der Waals surface area (Å²) in [6.07, 6.45) is 0. The van der Waals surface area contributed by atoms with Crippen LogP contribution in [-0.4, -0.2) is 18.6 Å². The molecule has 0 fully saturated rings.